The summed E-state index contributed by atoms with van der Waals surface area (Å²) in [5.74, 6) is 0.431. The summed E-state index contributed by atoms with van der Waals surface area (Å²) in [6, 6.07) is 12.4. The van der Waals surface area contributed by atoms with Crippen molar-refractivity contribution in [2.24, 2.45) is 0 Å². The van der Waals surface area contributed by atoms with E-state index in [4.69, 9.17) is 16.7 Å². The summed E-state index contributed by atoms with van der Waals surface area (Å²) in [6.07, 6.45) is 3.90. The highest BCUT2D eigenvalue weighted by molar-refractivity contribution is 6.18. The van der Waals surface area contributed by atoms with Crippen LogP contribution in [0.2, 0.25) is 0 Å². The van der Waals surface area contributed by atoms with Gasteiger partial charge in [-0.3, -0.25) is 9.67 Å². The summed E-state index contributed by atoms with van der Waals surface area (Å²) >= 11 is 5.69. The highest BCUT2D eigenvalue weighted by Crippen LogP contribution is 2.43. The average molecular weight is 396 g/mol. The van der Waals surface area contributed by atoms with E-state index in [0.717, 1.165) is 54.6 Å². The molecule has 0 bridgehead atoms. The second-order valence-electron chi connectivity index (χ2n) is 7.68. The molecule has 0 aliphatic carbocycles. The zero-order chi connectivity index (χ0) is 19.1. The molecular weight excluding hydrogens is 374 g/mol. The molecule has 2 aliphatic heterocycles. The highest BCUT2D eigenvalue weighted by atomic mass is 35.5. The van der Waals surface area contributed by atoms with E-state index in [1.165, 1.54) is 5.69 Å². The molecule has 28 heavy (non-hydrogen) atoms. The van der Waals surface area contributed by atoms with Gasteiger partial charge in [-0.1, -0.05) is 18.2 Å². The number of benzene rings is 1. The summed E-state index contributed by atoms with van der Waals surface area (Å²) in [7, 11) is 0. The van der Waals surface area contributed by atoms with Gasteiger partial charge in [0.2, 0.25) is 0 Å². The second-order valence-corrected chi connectivity index (χ2v) is 8.06. The van der Waals surface area contributed by atoms with Crippen LogP contribution in [0.25, 0.3) is 22.2 Å². The van der Waals surface area contributed by atoms with Gasteiger partial charge in [-0.15, -0.1) is 11.6 Å². The number of amides is 2. The smallest absolute Gasteiger partial charge is 0.317 e. The third-order valence-electron chi connectivity index (χ3n) is 6.02. The molecule has 4 heterocycles. The topological polar surface area (TPSA) is 63.1 Å². The molecule has 1 saturated heterocycles. The number of nitrogens with one attached hydrogen (secondary N) is 1. The Morgan fingerprint density at radius 1 is 1.21 bits per heavy atom. The Hall–Kier alpha value is -2.60. The molecule has 0 saturated carbocycles. The van der Waals surface area contributed by atoms with Crippen molar-refractivity contribution in [1.82, 2.24) is 25.0 Å². The predicted molar refractivity (Wildman–Crippen MR) is 110 cm³/mol. The Balaban J connectivity index is 1.42. The minimum absolute atomic E-state index is 0.00777. The zero-order valence-corrected chi connectivity index (χ0v) is 16.3. The molecule has 2 aliphatic rings. The van der Waals surface area contributed by atoms with E-state index in [2.05, 4.69) is 33.2 Å². The SMILES string of the molecule is O=C(NCCCl)N1CCC2(CCn3nc(-c4cnc5ccccc5c4)cc32)C1. The summed E-state index contributed by atoms with van der Waals surface area (Å²) in [5, 5.41) is 8.84. The fourth-order valence-electron chi connectivity index (χ4n) is 4.54. The molecule has 1 aromatic carbocycles. The van der Waals surface area contributed by atoms with Crippen LogP contribution < -0.4 is 5.32 Å². The van der Waals surface area contributed by atoms with E-state index >= 15 is 0 Å². The molecule has 1 N–H and O–H groups in total. The Morgan fingerprint density at radius 3 is 2.96 bits per heavy atom. The Kier molecular flexibility index (Phi) is 4.23. The van der Waals surface area contributed by atoms with Crippen LogP contribution in [0.15, 0.2) is 42.6 Å². The van der Waals surface area contributed by atoms with E-state index in [-0.39, 0.29) is 11.4 Å². The van der Waals surface area contributed by atoms with E-state index in [1.807, 2.05) is 29.3 Å². The fraction of sp³-hybridized carbons (Fsp3) is 0.381. The predicted octanol–water partition coefficient (Wildman–Crippen LogP) is 3.39. The van der Waals surface area contributed by atoms with Crippen LogP contribution in [0.1, 0.15) is 18.5 Å². The van der Waals surface area contributed by atoms with Crippen LogP contribution in [0.3, 0.4) is 0 Å². The quantitative estimate of drug-likeness (QED) is 0.691. The Morgan fingerprint density at radius 2 is 2.07 bits per heavy atom. The average Bonchev–Trinajstić information content (AvgIpc) is 3.43. The van der Waals surface area contributed by atoms with Crippen LogP contribution in [-0.4, -0.2) is 51.2 Å². The molecule has 3 aromatic rings. The van der Waals surface area contributed by atoms with Crippen molar-refractivity contribution in [2.45, 2.75) is 24.8 Å². The molecule has 2 amide bonds. The van der Waals surface area contributed by atoms with E-state index < -0.39 is 0 Å². The maximum atomic E-state index is 12.3. The highest BCUT2D eigenvalue weighted by Gasteiger charge is 2.46. The largest absolute Gasteiger partial charge is 0.337 e. The summed E-state index contributed by atoms with van der Waals surface area (Å²) < 4.78 is 2.12. The number of halogens is 1. The number of carbonyl (C=O) groups is 1. The summed E-state index contributed by atoms with van der Waals surface area (Å²) in [4.78, 5) is 18.8. The number of fused-ring (bicyclic) bond motifs is 3. The number of hydrogen-bond donors (Lipinski definition) is 1. The molecule has 6 nitrogen and oxygen atoms in total. The molecule has 5 rings (SSSR count). The second kappa shape index (κ2) is 6.78. The van der Waals surface area contributed by atoms with Gasteiger partial charge in [-0.25, -0.2) is 4.79 Å². The van der Waals surface area contributed by atoms with Gasteiger partial charge in [-0.05, 0) is 31.0 Å². The number of pyridine rings is 1. The zero-order valence-electron chi connectivity index (χ0n) is 15.6. The van der Waals surface area contributed by atoms with Crippen molar-refractivity contribution in [1.29, 1.82) is 0 Å². The fourth-order valence-corrected chi connectivity index (χ4v) is 4.63. The van der Waals surface area contributed by atoms with Gasteiger partial charge in [0, 0.05) is 60.3 Å². The number of rotatable bonds is 3. The molecule has 1 spiro atoms. The number of nitrogens with zero attached hydrogens (tertiary/aromatic N) is 4. The van der Waals surface area contributed by atoms with Crippen LogP contribution >= 0.6 is 11.6 Å². The van der Waals surface area contributed by atoms with Gasteiger partial charge in [0.05, 0.1) is 11.2 Å². The maximum Gasteiger partial charge on any atom is 0.317 e. The van der Waals surface area contributed by atoms with Gasteiger partial charge in [0.25, 0.3) is 0 Å². The van der Waals surface area contributed by atoms with Crippen LogP contribution in [0.4, 0.5) is 4.79 Å². The lowest BCUT2D eigenvalue weighted by atomic mass is 9.82. The summed E-state index contributed by atoms with van der Waals surface area (Å²) in [5.41, 5.74) is 4.23. The van der Waals surface area contributed by atoms with Crippen molar-refractivity contribution in [3.05, 3.63) is 48.3 Å². The number of aryl methyl sites for hydroxylation is 1. The van der Waals surface area contributed by atoms with Crippen molar-refractivity contribution >= 4 is 28.5 Å². The first-order valence-electron chi connectivity index (χ1n) is 9.71. The minimum atomic E-state index is -0.0190. The van der Waals surface area contributed by atoms with Gasteiger partial charge >= 0.3 is 6.03 Å². The third-order valence-corrected chi connectivity index (χ3v) is 6.21. The number of alkyl halides is 1. The Labute approximate surface area is 168 Å². The van der Waals surface area contributed by atoms with Gasteiger partial charge in [0.15, 0.2) is 0 Å². The molecule has 1 unspecified atom stereocenters. The number of para-hydroxylation sites is 1. The van der Waals surface area contributed by atoms with Crippen molar-refractivity contribution < 1.29 is 4.79 Å². The lowest BCUT2D eigenvalue weighted by molar-refractivity contribution is 0.206. The lowest BCUT2D eigenvalue weighted by Gasteiger charge is -2.23. The molecule has 1 fully saturated rings. The molecule has 7 heteroatoms. The van der Waals surface area contributed by atoms with Crippen molar-refractivity contribution in [3.8, 4) is 11.3 Å². The summed E-state index contributed by atoms with van der Waals surface area (Å²) in [6.45, 7) is 2.91. The third kappa shape index (κ3) is 2.83. The van der Waals surface area contributed by atoms with Gasteiger partial charge < -0.3 is 10.2 Å². The van der Waals surface area contributed by atoms with Gasteiger partial charge in [0.1, 0.15) is 0 Å². The van der Waals surface area contributed by atoms with E-state index in [1.54, 1.807) is 0 Å². The normalized spacial score (nSPS) is 20.8. The van der Waals surface area contributed by atoms with E-state index in [9.17, 15) is 4.79 Å². The van der Waals surface area contributed by atoms with E-state index in [0.29, 0.717) is 12.4 Å². The Bertz CT molecular complexity index is 1050. The number of urea groups is 1. The number of hydrogen-bond acceptors (Lipinski definition) is 3. The number of carbonyl (C=O) groups excluding carboxylic acids is 1. The monoisotopic (exact) mass is 395 g/mol. The van der Waals surface area contributed by atoms with Crippen molar-refractivity contribution in [3.63, 3.8) is 0 Å². The van der Waals surface area contributed by atoms with Gasteiger partial charge in [-0.2, -0.15) is 5.10 Å². The first-order chi connectivity index (χ1) is 13.7. The van der Waals surface area contributed by atoms with Crippen LogP contribution in [0, 0.1) is 0 Å². The maximum absolute atomic E-state index is 12.3. The molecular formula is C21H22ClN5O. The van der Waals surface area contributed by atoms with Crippen LogP contribution in [0.5, 0.6) is 0 Å². The first kappa shape index (κ1) is 17.5. The number of aromatic nitrogens is 3. The lowest BCUT2D eigenvalue weighted by Crippen LogP contribution is -2.41. The standard InChI is InChI=1S/C21H22ClN5O/c22-7-8-23-20(28)26-9-5-21(14-26)6-10-27-19(21)12-18(25-27)16-11-15-3-1-2-4-17(15)24-13-16/h1-4,11-13H,5-10,14H2,(H,23,28). The first-order valence-corrected chi connectivity index (χ1v) is 10.2. The molecule has 2 aromatic heterocycles. The van der Waals surface area contributed by atoms with Crippen molar-refractivity contribution in [2.75, 3.05) is 25.5 Å². The number of likely N-dealkylation sites (tertiary alicyclic amines) is 1. The minimum Gasteiger partial charge on any atom is -0.337 e. The van der Waals surface area contributed by atoms with Crippen LogP contribution in [-0.2, 0) is 12.0 Å². The molecule has 0 radical (unpaired) electrons. The molecule has 1 atom stereocenters. The molecule has 144 valence electrons.